The summed E-state index contributed by atoms with van der Waals surface area (Å²) in [6, 6.07) is 0. The standard InChI is InChI=1S/C11H20O2/c1-6-11(5,7-2)8-10(3,4)9(12)13/h6H,1,7-8H2,2-5H3,(H,12,13). The minimum atomic E-state index is -0.742. The lowest BCUT2D eigenvalue weighted by atomic mass is 9.72. The molecular formula is C11H20O2. The zero-order valence-electron chi connectivity index (χ0n) is 9.05. The van der Waals surface area contributed by atoms with Crippen molar-refractivity contribution in [3.8, 4) is 0 Å². The maximum Gasteiger partial charge on any atom is 0.309 e. The molecule has 2 nitrogen and oxygen atoms in total. The molecule has 0 heterocycles. The summed E-state index contributed by atoms with van der Waals surface area (Å²) >= 11 is 0. The topological polar surface area (TPSA) is 37.3 Å². The average molecular weight is 184 g/mol. The van der Waals surface area contributed by atoms with E-state index in [-0.39, 0.29) is 5.41 Å². The number of carbonyl (C=O) groups is 1. The van der Waals surface area contributed by atoms with Gasteiger partial charge in [0.15, 0.2) is 0 Å². The molecule has 0 aromatic heterocycles. The highest BCUT2D eigenvalue weighted by atomic mass is 16.4. The number of hydrogen-bond donors (Lipinski definition) is 1. The van der Waals surface area contributed by atoms with Crippen LogP contribution in [-0.4, -0.2) is 11.1 Å². The number of allylic oxidation sites excluding steroid dienone is 1. The molecule has 0 aromatic rings. The van der Waals surface area contributed by atoms with Crippen LogP contribution >= 0.6 is 0 Å². The van der Waals surface area contributed by atoms with Crippen LogP contribution in [0.3, 0.4) is 0 Å². The van der Waals surface area contributed by atoms with Crippen LogP contribution in [0.4, 0.5) is 0 Å². The van der Waals surface area contributed by atoms with E-state index < -0.39 is 11.4 Å². The van der Waals surface area contributed by atoms with E-state index in [2.05, 4.69) is 13.5 Å². The highest BCUT2D eigenvalue weighted by Gasteiger charge is 2.34. The van der Waals surface area contributed by atoms with Crippen molar-refractivity contribution >= 4 is 5.97 Å². The predicted molar refractivity (Wildman–Crippen MR) is 54.6 cm³/mol. The average Bonchev–Trinajstić information content (AvgIpc) is 2.03. The van der Waals surface area contributed by atoms with Crippen molar-refractivity contribution in [2.24, 2.45) is 10.8 Å². The van der Waals surface area contributed by atoms with Gasteiger partial charge in [-0.15, -0.1) is 6.58 Å². The number of hydrogen-bond acceptors (Lipinski definition) is 1. The van der Waals surface area contributed by atoms with Gasteiger partial charge in [-0.1, -0.05) is 19.9 Å². The quantitative estimate of drug-likeness (QED) is 0.667. The van der Waals surface area contributed by atoms with Crippen LogP contribution in [-0.2, 0) is 4.79 Å². The third kappa shape index (κ3) is 3.21. The smallest absolute Gasteiger partial charge is 0.309 e. The number of carboxylic acid groups (broad SMARTS) is 1. The van der Waals surface area contributed by atoms with E-state index in [4.69, 9.17) is 5.11 Å². The molecule has 0 amide bonds. The molecular weight excluding hydrogens is 164 g/mol. The van der Waals surface area contributed by atoms with Gasteiger partial charge in [-0.2, -0.15) is 0 Å². The number of aliphatic carboxylic acids is 1. The van der Waals surface area contributed by atoms with Crippen molar-refractivity contribution in [1.82, 2.24) is 0 Å². The van der Waals surface area contributed by atoms with Gasteiger partial charge in [0, 0.05) is 0 Å². The SMILES string of the molecule is C=CC(C)(CC)CC(C)(C)C(=O)O. The molecule has 0 aliphatic carbocycles. The Hall–Kier alpha value is -0.790. The van der Waals surface area contributed by atoms with E-state index in [0.717, 1.165) is 6.42 Å². The Morgan fingerprint density at radius 1 is 1.46 bits per heavy atom. The van der Waals surface area contributed by atoms with Gasteiger partial charge in [0.1, 0.15) is 0 Å². The molecule has 0 bridgehead atoms. The van der Waals surface area contributed by atoms with Gasteiger partial charge in [0.25, 0.3) is 0 Å². The molecule has 0 aromatic carbocycles. The Bertz CT molecular complexity index is 203. The first kappa shape index (κ1) is 12.2. The summed E-state index contributed by atoms with van der Waals surface area (Å²) in [6.07, 6.45) is 3.42. The van der Waals surface area contributed by atoms with Gasteiger partial charge in [-0.05, 0) is 32.1 Å². The van der Waals surface area contributed by atoms with Crippen LogP contribution in [0.25, 0.3) is 0 Å². The molecule has 0 fully saturated rings. The lowest BCUT2D eigenvalue weighted by Crippen LogP contribution is -2.30. The lowest BCUT2D eigenvalue weighted by molar-refractivity contribution is -0.148. The van der Waals surface area contributed by atoms with E-state index in [1.165, 1.54) is 0 Å². The molecule has 1 unspecified atom stereocenters. The second-order valence-electron chi connectivity index (χ2n) is 4.58. The lowest BCUT2D eigenvalue weighted by Gasteiger charge is -2.31. The summed E-state index contributed by atoms with van der Waals surface area (Å²) in [5, 5.41) is 8.96. The molecule has 13 heavy (non-hydrogen) atoms. The van der Waals surface area contributed by atoms with Gasteiger partial charge >= 0.3 is 5.97 Å². The van der Waals surface area contributed by atoms with E-state index in [9.17, 15) is 4.79 Å². The molecule has 2 heteroatoms. The molecule has 0 spiro atoms. The third-order valence-corrected chi connectivity index (χ3v) is 2.73. The van der Waals surface area contributed by atoms with Crippen molar-refractivity contribution in [3.05, 3.63) is 12.7 Å². The van der Waals surface area contributed by atoms with E-state index >= 15 is 0 Å². The second-order valence-corrected chi connectivity index (χ2v) is 4.58. The Morgan fingerprint density at radius 3 is 2.15 bits per heavy atom. The fourth-order valence-electron chi connectivity index (χ4n) is 1.43. The maximum atomic E-state index is 10.9. The first-order chi connectivity index (χ1) is 5.77. The van der Waals surface area contributed by atoms with Gasteiger partial charge in [0.2, 0.25) is 0 Å². The van der Waals surface area contributed by atoms with Crippen molar-refractivity contribution in [3.63, 3.8) is 0 Å². The molecule has 0 saturated heterocycles. The summed E-state index contributed by atoms with van der Waals surface area (Å²) in [4.78, 5) is 10.9. The molecule has 1 atom stereocenters. The first-order valence-electron chi connectivity index (χ1n) is 4.64. The van der Waals surface area contributed by atoms with Crippen molar-refractivity contribution < 1.29 is 9.90 Å². The van der Waals surface area contributed by atoms with Crippen LogP contribution < -0.4 is 0 Å². The number of rotatable bonds is 5. The molecule has 0 radical (unpaired) electrons. The fraction of sp³-hybridized carbons (Fsp3) is 0.727. The van der Waals surface area contributed by atoms with Crippen LogP contribution in [0.1, 0.15) is 40.5 Å². The largest absolute Gasteiger partial charge is 0.481 e. The van der Waals surface area contributed by atoms with Gasteiger partial charge in [-0.25, -0.2) is 0 Å². The summed E-state index contributed by atoms with van der Waals surface area (Å²) in [5.41, 5.74) is -0.735. The van der Waals surface area contributed by atoms with E-state index in [1.54, 1.807) is 13.8 Å². The van der Waals surface area contributed by atoms with Gasteiger partial charge in [0.05, 0.1) is 5.41 Å². The zero-order valence-corrected chi connectivity index (χ0v) is 9.05. The van der Waals surface area contributed by atoms with E-state index in [1.807, 2.05) is 13.0 Å². The monoisotopic (exact) mass is 184 g/mol. The van der Waals surface area contributed by atoms with Crippen LogP contribution in [0.2, 0.25) is 0 Å². The Kier molecular flexibility index (Phi) is 3.71. The summed E-state index contributed by atoms with van der Waals surface area (Å²) in [5.74, 6) is -0.742. The Labute approximate surface area is 80.7 Å². The first-order valence-corrected chi connectivity index (χ1v) is 4.64. The van der Waals surface area contributed by atoms with E-state index in [0.29, 0.717) is 6.42 Å². The predicted octanol–water partition coefficient (Wildman–Crippen LogP) is 3.09. The van der Waals surface area contributed by atoms with Crippen LogP contribution in [0, 0.1) is 10.8 Å². The Morgan fingerprint density at radius 2 is 1.92 bits per heavy atom. The molecule has 0 aliphatic rings. The maximum absolute atomic E-state index is 10.9. The summed E-state index contributed by atoms with van der Waals surface area (Å²) < 4.78 is 0. The molecule has 0 rings (SSSR count). The molecule has 0 saturated carbocycles. The molecule has 76 valence electrons. The minimum Gasteiger partial charge on any atom is -0.481 e. The molecule has 0 aliphatic heterocycles. The minimum absolute atomic E-state index is 0.0676. The van der Waals surface area contributed by atoms with Crippen molar-refractivity contribution in [1.29, 1.82) is 0 Å². The van der Waals surface area contributed by atoms with Crippen molar-refractivity contribution in [2.75, 3.05) is 0 Å². The van der Waals surface area contributed by atoms with Crippen LogP contribution in [0.15, 0.2) is 12.7 Å². The third-order valence-electron chi connectivity index (χ3n) is 2.73. The van der Waals surface area contributed by atoms with Gasteiger partial charge in [-0.3, -0.25) is 4.79 Å². The van der Waals surface area contributed by atoms with Gasteiger partial charge < -0.3 is 5.11 Å². The number of carboxylic acids is 1. The normalized spacial score (nSPS) is 16.3. The van der Waals surface area contributed by atoms with Crippen molar-refractivity contribution in [2.45, 2.75) is 40.5 Å². The summed E-state index contributed by atoms with van der Waals surface area (Å²) in [7, 11) is 0. The zero-order chi connectivity index (χ0) is 10.7. The highest BCUT2D eigenvalue weighted by Crippen LogP contribution is 2.37. The highest BCUT2D eigenvalue weighted by molar-refractivity contribution is 5.73. The summed E-state index contributed by atoms with van der Waals surface area (Å²) in [6.45, 7) is 11.4. The Balaban J connectivity index is 4.58. The van der Waals surface area contributed by atoms with Crippen LogP contribution in [0.5, 0.6) is 0 Å². The molecule has 1 N–H and O–H groups in total. The second kappa shape index (κ2) is 3.95. The fourth-order valence-corrected chi connectivity index (χ4v) is 1.43.